The van der Waals surface area contributed by atoms with Gasteiger partial charge >= 0.3 is 0 Å². The fraction of sp³-hybridized carbons (Fsp3) is 0.778. The van der Waals surface area contributed by atoms with Gasteiger partial charge in [-0.1, -0.05) is 63.7 Å². The van der Waals surface area contributed by atoms with E-state index in [-0.39, 0.29) is 0 Å². The summed E-state index contributed by atoms with van der Waals surface area (Å²) in [5.74, 6) is 0. The summed E-state index contributed by atoms with van der Waals surface area (Å²) in [7, 11) is 0. The first-order chi connectivity index (χ1) is 8.44. The maximum Gasteiger partial charge on any atom is -0.0225 e. The van der Waals surface area contributed by atoms with Crippen LogP contribution >= 0.6 is 0 Å². The number of hydrogen-bond acceptors (Lipinski definition) is 0. The topological polar surface area (TPSA) is 0 Å². The van der Waals surface area contributed by atoms with Crippen molar-refractivity contribution in [3.05, 3.63) is 22.8 Å². The first-order valence-corrected chi connectivity index (χ1v) is 7.80. The van der Waals surface area contributed by atoms with Crippen molar-refractivity contribution >= 4 is 0 Å². The van der Waals surface area contributed by atoms with Crippen LogP contribution in [0.25, 0.3) is 0 Å². The SMILES string of the molecule is CCCCCCCC(C)=C1C=C(C)CC(C)(C)C1. The fourth-order valence-electron chi connectivity index (χ4n) is 3.16. The van der Waals surface area contributed by atoms with Gasteiger partial charge in [0, 0.05) is 0 Å². The molecule has 0 amide bonds. The van der Waals surface area contributed by atoms with Crippen LogP contribution in [0.15, 0.2) is 22.8 Å². The van der Waals surface area contributed by atoms with Gasteiger partial charge in [-0.15, -0.1) is 0 Å². The Bertz CT molecular complexity index is 315. The Labute approximate surface area is 115 Å². The van der Waals surface area contributed by atoms with Gasteiger partial charge in [0.15, 0.2) is 0 Å². The van der Waals surface area contributed by atoms with E-state index in [1.807, 2.05) is 0 Å². The lowest BCUT2D eigenvalue weighted by molar-refractivity contribution is 0.350. The minimum absolute atomic E-state index is 0.470. The molecule has 1 aliphatic carbocycles. The highest BCUT2D eigenvalue weighted by molar-refractivity contribution is 5.32. The van der Waals surface area contributed by atoms with Crippen LogP contribution in [-0.4, -0.2) is 0 Å². The molecule has 0 nitrogen and oxygen atoms in total. The van der Waals surface area contributed by atoms with Crippen molar-refractivity contribution in [3.63, 3.8) is 0 Å². The van der Waals surface area contributed by atoms with Gasteiger partial charge in [-0.2, -0.15) is 0 Å². The van der Waals surface area contributed by atoms with Crippen molar-refractivity contribution in [1.29, 1.82) is 0 Å². The van der Waals surface area contributed by atoms with Crippen molar-refractivity contribution in [3.8, 4) is 0 Å². The number of unbranched alkanes of at least 4 members (excludes halogenated alkanes) is 4. The lowest BCUT2D eigenvalue weighted by Gasteiger charge is -2.31. The predicted octanol–water partition coefficient (Wildman–Crippen LogP) is 6.43. The Morgan fingerprint density at radius 2 is 1.78 bits per heavy atom. The molecule has 0 saturated carbocycles. The van der Waals surface area contributed by atoms with E-state index in [1.54, 1.807) is 16.7 Å². The summed E-state index contributed by atoms with van der Waals surface area (Å²) in [5.41, 5.74) is 5.29. The molecule has 0 bridgehead atoms. The minimum atomic E-state index is 0.470. The van der Waals surface area contributed by atoms with Crippen molar-refractivity contribution in [2.75, 3.05) is 0 Å². The third-order valence-electron chi connectivity index (χ3n) is 4.05. The lowest BCUT2D eigenvalue weighted by Crippen LogP contribution is -2.17. The van der Waals surface area contributed by atoms with Crippen LogP contribution in [0.1, 0.15) is 86.0 Å². The smallest absolute Gasteiger partial charge is 0.0225 e. The Kier molecular flexibility index (Phi) is 6.18. The first kappa shape index (κ1) is 15.5. The van der Waals surface area contributed by atoms with Crippen molar-refractivity contribution in [1.82, 2.24) is 0 Å². The standard InChI is InChI=1S/C18H32/c1-6-7-8-9-10-11-16(3)17-12-15(2)13-18(4,5)14-17/h12H,6-11,13-14H2,1-5H3. The number of allylic oxidation sites excluding steroid dienone is 4. The van der Waals surface area contributed by atoms with Crippen LogP contribution in [0.4, 0.5) is 0 Å². The molecule has 0 aromatic heterocycles. The summed E-state index contributed by atoms with van der Waals surface area (Å²) in [4.78, 5) is 0. The molecule has 0 spiro atoms. The van der Waals surface area contributed by atoms with Crippen LogP contribution in [0.2, 0.25) is 0 Å². The summed E-state index contributed by atoms with van der Waals surface area (Å²) in [6, 6.07) is 0. The molecule has 0 aromatic carbocycles. The summed E-state index contributed by atoms with van der Waals surface area (Å²) < 4.78 is 0. The van der Waals surface area contributed by atoms with Crippen LogP contribution in [-0.2, 0) is 0 Å². The van der Waals surface area contributed by atoms with Crippen LogP contribution < -0.4 is 0 Å². The van der Waals surface area contributed by atoms with Crippen molar-refractivity contribution < 1.29 is 0 Å². The monoisotopic (exact) mass is 248 g/mol. The van der Waals surface area contributed by atoms with E-state index in [4.69, 9.17) is 0 Å². The zero-order chi connectivity index (χ0) is 13.6. The van der Waals surface area contributed by atoms with Gasteiger partial charge in [0.05, 0.1) is 0 Å². The number of rotatable bonds is 6. The zero-order valence-electron chi connectivity index (χ0n) is 13.2. The molecule has 0 unspecified atom stereocenters. The van der Waals surface area contributed by atoms with Gasteiger partial charge in [0.2, 0.25) is 0 Å². The van der Waals surface area contributed by atoms with Gasteiger partial charge in [-0.05, 0) is 50.5 Å². The normalized spacial score (nSPS) is 21.7. The maximum absolute atomic E-state index is 2.45. The van der Waals surface area contributed by atoms with E-state index >= 15 is 0 Å². The van der Waals surface area contributed by atoms with E-state index in [0.717, 1.165) is 0 Å². The predicted molar refractivity (Wildman–Crippen MR) is 82.8 cm³/mol. The van der Waals surface area contributed by atoms with E-state index in [2.05, 4.69) is 40.7 Å². The molecule has 0 heterocycles. The summed E-state index contributed by atoms with van der Waals surface area (Å²) in [6.45, 7) is 11.7. The third-order valence-corrected chi connectivity index (χ3v) is 4.05. The average molecular weight is 248 g/mol. The molecule has 104 valence electrons. The van der Waals surface area contributed by atoms with Crippen molar-refractivity contribution in [2.24, 2.45) is 5.41 Å². The van der Waals surface area contributed by atoms with Crippen molar-refractivity contribution in [2.45, 2.75) is 86.0 Å². The average Bonchev–Trinajstić information content (AvgIpc) is 2.25. The molecule has 0 fully saturated rings. The Morgan fingerprint density at radius 3 is 2.39 bits per heavy atom. The quantitative estimate of drug-likeness (QED) is 0.475. The van der Waals surface area contributed by atoms with E-state index in [1.165, 1.54) is 51.4 Å². The highest BCUT2D eigenvalue weighted by Crippen LogP contribution is 2.39. The molecule has 0 radical (unpaired) electrons. The molecular formula is C18H32. The Morgan fingerprint density at radius 1 is 1.11 bits per heavy atom. The van der Waals surface area contributed by atoms with Gasteiger partial charge in [-0.3, -0.25) is 0 Å². The highest BCUT2D eigenvalue weighted by atomic mass is 14.3. The van der Waals surface area contributed by atoms with Crippen LogP contribution in [0.3, 0.4) is 0 Å². The Balaban J connectivity index is 2.49. The molecule has 1 aliphatic rings. The molecule has 0 aliphatic heterocycles. The fourth-order valence-corrected chi connectivity index (χ4v) is 3.16. The lowest BCUT2D eigenvalue weighted by atomic mass is 9.74. The van der Waals surface area contributed by atoms with E-state index in [9.17, 15) is 0 Å². The maximum atomic E-state index is 2.45. The molecular weight excluding hydrogens is 216 g/mol. The van der Waals surface area contributed by atoms with Crippen LogP contribution in [0, 0.1) is 5.41 Å². The first-order valence-electron chi connectivity index (χ1n) is 7.80. The molecule has 0 N–H and O–H groups in total. The largest absolute Gasteiger partial charge is 0.0725 e. The molecule has 0 atom stereocenters. The van der Waals surface area contributed by atoms with E-state index < -0.39 is 0 Å². The van der Waals surface area contributed by atoms with E-state index in [0.29, 0.717) is 5.41 Å². The Hall–Kier alpha value is -0.520. The summed E-state index contributed by atoms with van der Waals surface area (Å²) >= 11 is 0. The third kappa shape index (κ3) is 5.42. The molecule has 0 saturated heterocycles. The highest BCUT2D eigenvalue weighted by Gasteiger charge is 2.24. The molecule has 1 rings (SSSR count). The second-order valence-electron chi connectivity index (χ2n) is 6.98. The number of hydrogen-bond donors (Lipinski definition) is 0. The van der Waals surface area contributed by atoms with Gasteiger partial charge in [0.1, 0.15) is 0 Å². The second kappa shape index (κ2) is 7.16. The molecule has 0 heteroatoms. The second-order valence-corrected chi connectivity index (χ2v) is 6.98. The van der Waals surface area contributed by atoms with Gasteiger partial charge in [-0.25, -0.2) is 0 Å². The molecule has 0 aromatic rings. The molecule has 18 heavy (non-hydrogen) atoms. The minimum Gasteiger partial charge on any atom is -0.0725 e. The summed E-state index contributed by atoms with van der Waals surface area (Å²) in [6.07, 6.45) is 13.2. The van der Waals surface area contributed by atoms with Gasteiger partial charge < -0.3 is 0 Å². The van der Waals surface area contributed by atoms with Crippen LogP contribution in [0.5, 0.6) is 0 Å². The van der Waals surface area contributed by atoms with Gasteiger partial charge in [0.25, 0.3) is 0 Å². The zero-order valence-corrected chi connectivity index (χ0v) is 13.2. The summed E-state index contributed by atoms with van der Waals surface area (Å²) in [5, 5.41) is 0.